The van der Waals surface area contributed by atoms with Gasteiger partial charge in [-0.1, -0.05) is 0 Å². The molecule has 0 aliphatic heterocycles. The van der Waals surface area contributed by atoms with E-state index in [1.54, 1.807) is 72.8 Å². The first-order valence-corrected chi connectivity index (χ1v) is 8.57. The molecule has 0 aliphatic rings. The summed E-state index contributed by atoms with van der Waals surface area (Å²) in [6.07, 6.45) is 2.84. The van der Waals surface area contributed by atoms with Crippen molar-refractivity contribution in [2.45, 2.75) is 0 Å². The van der Waals surface area contributed by atoms with Gasteiger partial charge in [-0.05, 0) is 60.7 Å². The second-order valence-electron chi connectivity index (χ2n) is 5.79. The van der Waals surface area contributed by atoms with Crippen LogP contribution >= 0.6 is 0 Å². The van der Waals surface area contributed by atoms with Crippen molar-refractivity contribution >= 4 is 11.9 Å². The van der Waals surface area contributed by atoms with Crippen molar-refractivity contribution in [1.82, 2.24) is 0 Å². The number of esters is 2. The van der Waals surface area contributed by atoms with E-state index in [4.69, 9.17) is 23.0 Å². The van der Waals surface area contributed by atoms with E-state index in [0.717, 1.165) is 0 Å². The molecule has 7 heteroatoms. The lowest BCUT2D eigenvalue weighted by atomic mass is 10.2. The summed E-state index contributed by atoms with van der Waals surface area (Å²) in [5.74, 6) is 0.217. The summed E-state index contributed by atoms with van der Waals surface area (Å²) >= 11 is 0. The van der Waals surface area contributed by atoms with Crippen LogP contribution in [0.4, 0.5) is 0 Å². The van der Waals surface area contributed by atoms with Gasteiger partial charge in [0.25, 0.3) is 11.9 Å². The second kappa shape index (κ2) is 8.18. The first kappa shape index (κ1) is 18.1. The highest BCUT2D eigenvalue weighted by atomic mass is 16.6. The molecule has 0 spiro atoms. The molecule has 0 atom stereocenters. The van der Waals surface area contributed by atoms with Gasteiger partial charge in [0.1, 0.15) is 11.5 Å². The van der Waals surface area contributed by atoms with Gasteiger partial charge in [-0.2, -0.15) is 0 Å². The lowest BCUT2D eigenvalue weighted by molar-refractivity contribution is 0.0683. The average molecular weight is 390 g/mol. The minimum atomic E-state index is -0.536. The Kier molecular flexibility index (Phi) is 5.11. The number of ether oxygens (including phenoxy) is 3. The van der Waals surface area contributed by atoms with Crippen molar-refractivity contribution < 1.29 is 32.6 Å². The first-order valence-electron chi connectivity index (χ1n) is 8.57. The lowest BCUT2D eigenvalue weighted by Gasteiger charge is -2.07. The van der Waals surface area contributed by atoms with Gasteiger partial charge in [0.2, 0.25) is 0 Å². The average Bonchev–Trinajstić information content (AvgIpc) is 3.43. The van der Waals surface area contributed by atoms with E-state index in [1.807, 2.05) is 0 Å². The number of benzene rings is 2. The molecular formula is C22H14O7. The number of hydrogen-bond acceptors (Lipinski definition) is 7. The monoisotopic (exact) mass is 390 g/mol. The Morgan fingerprint density at radius 2 is 1.00 bits per heavy atom. The Morgan fingerprint density at radius 3 is 1.34 bits per heavy atom. The molecule has 0 radical (unpaired) electrons. The van der Waals surface area contributed by atoms with Crippen LogP contribution < -0.4 is 14.2 Å². The summed E-state index contributed by atoms with van der Waals surface area (Å²) in [5.41, 5.74) is 0.703. The van der Waals surface area contributed by atoms with Gasteiger partial charge in [0, 0.05) is 12.1 Å². The van der Waals surface area contributed by atoms with Crippen molar-refractivity contribution in [3.8, 4) is 23.4 Å². The van der Waals surface area contributed by atoms with Gasteiger partial charge in [-0.3, -0.25) is 0 Å². The van der Waals surface area contributed by atoms with Gasteiger partial charge < -0.3 is 23.0 Å². The normalized spacial score (nSPS) is 10.3. The minimum absolute atomic E-state index is 0.126. The van der Waals surface area contributed by atoms with Crippen LogP contribution in [0.5, 0.6) is 23.4 Å². The van der Waals surface area contributed by atoms with Gasteiger partial charge in [0.15, 0.2) is 0 Å². The van der Waals surface area contributed by atoms with E-state index in [2.05, 4.69) is 0 Å². The number of rotatable bonds is 6. The highest BCUT2D eigenvalue weighted by molar-refractivity contribution is 5.91. The topological polar surface area (TPSA) is 88.1 Å². The van der Waals surface area contributed by atoms with E-state index in [-0.39, 0.29) is 11.9 Å². The largest absolute Gasteiger partial charge is 0.457 e. The lowest BCUT2D eigenvalue weighted by Crippen LogP contribution is -2.07. The van der Waals surface area contributed by atoms with Crippen molar-refractivity contribution in [2.75, 3.05) is 0 Å². The molecule has 2 aromatic heterocycles. The molecule has 0 N–H and O–H groups in total. The molecule has 4 aromatic rings. The van der Waals surface area contributed by atoms with Gasteiger partial charge >= 0.3 is 11.9 Å². The summed E-state index contributed by atoms with van der Waals surface area (Å²) < 4.78 is 25.8. The summed E-state index contributed by atoms with van der Waals surface area (Å²) in [7, 11) is 0. The van der Waals surface area contributed by atoms with E-state index in [9.17, 15) is 9.59 Å². The van der Waals surface area contributed by atoms with Gasteiger partial charge in [-0.15, -0.1) is 0 Å². The van der Waals surface area contributed by atoms with Crippen LogP contribution in [0.15, 0.2) is 94.2 Å². The molecule has 7 nitrogen and oxygen atoms in total. The van der Waals surface area contributed by atoms with E-state index < -0.39 is 11.9 Å². The Hall–Kier alpha value is -4.26. The van der Waals surface area contributed by atoms with Crippen molar-refractivity contribution in [2.24, 2.45) is 0 Å². The molecule has 0 unspecified atom stereocenters. The molecule has 0 saturated carbocycles. The number of furan rings is 2. The summed E-state index contributed by atoms with van der Waals surface area (Å²) in [6.45, 7) is 0. The quantitative estimate of drug-likeness (QED) is 0.423. The summed E-state index contributed by atoms with van der Waals surface area (Å²) in [6, 6.07) is 19.2. The number of carbonyl (C=O) groups is 2. The van der Waals surface area contributed by atoms with E-state index in [1.165, 1.54) is 12.5 Å². The van der Waals surface area contributed by atoms with Crippen LogP contribution in [-0.4, -0.2) is 11.9 Å². The first-order chi connectivity index (χ1) is 14.2. The third kappa shape index (κ3) is 4.54. The van der Waals surface area contributed by atoms with E-state index in [0.29, 0.717) is 22.6 Å². The maximum Gasteiger partial charge on any atom is 0.345 e. The van der Waals surface area contributed by atoms with E-state index >= 15 is 0 Å². The number of carbonyl (C=O) groups excluding carboxylic acids is 2. The van der Waals surface area contributed by atoms with Crippen molar-refractivity contribution in [1.29, 1.82) is 0 Å². The Bertz CT molecular complexity index is 988. The van der Waals surface area contributed by atoms with Crippen LogP contribution in [0.2, 0.25) is 0 Å². The predicted molar refractivity (Wildman–Crippen MR) is 100 cm³/mol. The molecule has 4 rings (SSSR count). The molecule has 0 amide bonds. The summed E-state index contributed by atoms with van der Waals surface area (Å²) in [4.78, 5) is 24.0. The fourth-order valence-electron chi connectivity index (χ4n) is 2.40. The highest BCUT2D eigenvalue weighted by Gasteiger charge is 2.12. The molecule has 2 heterocycles. The van der Waals surface area contributed by atoms with Crippen LogP contribution in [0, 0.1) is 0 Å². The zero-order valence-electron chi connectivity index (χ0n) is 14.9. The van der Waals surface area contributed by atoms with Crippen LogP contribution in [-0.2, 0) is 0 Å². The number of hydrogen-bond donors (Lipinski definition) is 0. The fraction of sp³-hybridized carbons (Fsp3) is 0. The predicted octanol–water partition coefficient (Wildman–Crippen LogP) is 5.10. The van der Waals surface area contributed by atoms with Crippen LogP contribution in [0.1, 0.15) is 20.7 Å². The molecule has 144 valence electrons. The smallest absolute Gasteiger partial charge is 0.345 e. The molecule has 0 saturated heterocycles. The molecule has 0 aliphatic carbocycles. The zero-order valence-corrected chi connectivity index (χ0v) is 14.9. The third-order valence-electron chi connectivity index (χ3n) is 3.79. The maximum absolute atomic E-state index is 12.0. The molecule has 0 bridgehead atoms. The second-order valence-corrected chi connectivity index (χ2v) is 5.79. The standard InChI is InChI=1S/C22H14O7/c23-21(28-19-3-1-13-25-19)15-5-9-17(10-6-15)27-18-11-7-16(8-12-18)22(24)29-20-4-2-14-26-20/h1-14H. The Labute approximate surface area is 165 Å². The van der Waals surface area contributed by atoms with Crippen LogP contribution in [0.3, 0.4) is 0 Å². The molecular weight excluding hydrogens is 376 g/mol. The van der Waals surface area contributed by atoms with Crippen molar-refractivity contribution in [3.63, 3.8) is 0 Å². The van der Waals surface area contributed by atoms with Crippen molar-refractivity contribution in [3.05, 3.63) is 96.4 Å². The molecule has 0 fully saturated rings. The Morgan fingerprint density at radius 1 is 0.586 bits per heavy atom. The zero-order chi connectivity index (χ0) is 20.1. The highest BCUT2D eigenvalue weighted by Crippen LogP contribution is 2.23. The summed E-state index contributed by atoms with van der Waals surface area (Å²) in [5, 5.41) is 0. The van der Waals surface area contributed by atoms with Gasteiger partial charge in [-0.25, -0.2) is 9.59 Å². The SMILES string of the molecule is O=C(Oc1ccco1)c1ccc(Oc2ccc(C(=O)Oc3ccco3)cc2)cc1. The third-order valence-corrected chi connectivity index (χ3v) is 3.79. The fourth-order valence-corrected chi connectivity index (χ4v) is 2.40. The minimum Gasteiger partial charge on any atom is -0.457 e. The van der Waals surface area contributed by atoms with Gasteiger partial charge in [0.05, 0.1) is 23.7 Å². The maximum atomic E-state index is 12.0. The molecule has 2 aromatic carbocycles. The molecule has 29 heavy (non-hydrogen) atoms. The van der Waals surface area contributed by atoms with Crippen LogP contribution in [0.25, 0.3) is 0 Å². The Balaban J connectivity index is 1.36.